The van der Waals surface area contributed by atoms with Gasteiger partial charge in [0.1, 0.15) is 23.0 Å². The summed E-state index contributed by atoms with van der Waals surface area (Å²) in [6.07, 6.45) is 5.18. The molecule has 3 aliphatic rings. The van der Waals surface area contributed by atoms with Gasteiger partial charge in [-0.05, 0) is 58.1 Å². The van der Waals surface area contributed by atoms with Crippen molar-refractivity contribution in [3.63, 3.8) is 0 Å². The molecule has 4 heterocycles. The fourth-order valence-corrected chi connectivity index (χ4v) is 6.48. The molecule has 2 bridgehead atoms. The first kappa shape index (κ1) is 22.3. The largest absolute Gasteiger partial charge is 0.507 e. The average molecular weight is 492 g/mol. The van der Waals surface area contributed by atoms with E-state index in [0.29, 0.717) is 33.5 Å². The van der Waals surface area contributed by atoms with Gasteiger partial charge in [0.2, 0.25) is 0 Å². The number of thiazole rings is 1. The first-order valence-corrected chi connectivity index (χ1v) is 12.8. The van der Waals surface area contributed by atoms with Crippen LogP contribution in [-0.4, -0.2) is 54.6 Å². The number of piperidine rings is 1. The van der Waals surface area contributed by atoms with Crippen LogP contribution in [0.15, 0.2) is 29.8 Å². The van der Waals surface area contributed by atoms with Crippen LogP contribution in [0.2, 0.25) is 0 Å². The molecule has 35 heavy (non-hydrogen) atoms. The van der Waals surface area contributed by atoms with E-state index >= 15 is 4.39 Å². The lowest BCUT2D eigenvalue weighted by atomic mass is 9.82. The molecule has 8 nitrogen and oxygen atoms in total. The zero-order chi connectivity index (χ0) is 24.4. The number of aromatic nitrogens is 4. The Hall–Kier alpha value is -3.16. The standard InChI is InChI=1S/C25H26FN7OS/c1-24-7-8-25(2,32-24)21(26)18(10-24)33(16-4-5-16)20-12-28-22(31-30-20)17-6-3-14(9-19(17)34)23-29-15(11-27)13-35-23/h3,6,9,12-13,16,18,21,32,34H,4-5,7-8,10H2,1-2H3/t18-,21-,24-,25+/m0/s1. The monoisotopic (exact) mass is 491 g/mol. The molecule has 4 atom stereocenters. The molecule has 3 fully saturated rings. The van der Waals surface area contributed by atoms with Crippen LogP contribution in [-0.2, 0) is 0 Å². The maximum absolute atomic E-state index is 15.8. The van der Waals surface area contributed by atoms with E-state index in [4.69, 9.17) is 5.26 Å². The average Bonchev–Trinajstić information content (AvgIpc) is 3.48. The van der Waals surface area contributed by atoms with Crippen LogP contribution in [0.5, 0.6) is 5.75 Å². The zero-order valence-corrected chi connectivity index (χ0v) is 20.4. The van der Waals surface area contributed by atoms with Crippen molar-refractivity contribution in [2.45, 2.75) is 75.3 Å². The first-order chi connectivity index (χ1) is 16.8. The summed E-state index contributed by atoms with van der Waals surface area (Å²) in [7, 11) is 0. The van der Waals surface area contributed by atoms with Crippen molar-refractivity contribution in [1.82, 2.24) is 25.5 Å². The highest BCUT2D eigenvalue weighted by Gasteiger charge is 2.58. The molecule has 2 N–H and O–H groups in total. The third-order valence-electron chi connectivity index (χ3n) is 7.61. The van der Waals surface area contributed by atoms with E-state index in [9.17, 15) is 5.11 Å². The number of benzene rings is 1. The highest BCUT2D eigenvalue weighted by molar-refractivity contribution is 7.13. The summed E-state index contributed by atoms with van der Waals surface area (Å²) in [5, 5.41) is 34.3. The number of rotatable bonds is 5. The molecule has 1 saturated carbocycles. The number of phenols is 1. The number of alkyl halides is 1. The predicted octanol–water partition coefficient (Wildman–Crippen LogP) is 4.22. The van der Waals surface area contributed by atoms with E-state index in [1.54, 1.807) is 23.7 Å². The summed E-state index contributed by atoms with van der Waals surface area (Å²) in [6, 6.07) is 7.11. The Balaban J connectivity index is 1.28. The Morgan fingerprint density at radius 2 is 2.09 bits per heavy atom. The zero-order valence-electron chi connectivity index (χ0n) is 19.6. The summed E-state index contributed by atoms with van der Waals surface area (Å²) in [5.41, 5.74) is 0.904. The van der Waals surface area contributed by atoms with Crippen molar-refractivity contribution in [3.8, 4) is 33.8 Å². The number of aromatic hydroxyl groups is 1. The molecule has 0 spiro atoms. The Bertz CT molecular complexity index is 1320. The van der Waals surface area contributed by atoms with Crippen LogP contribution in [0.3, 0.4) is 0 Å². The van der Waals surface area contributed by atoms with E-state index < -0.39 is 11.7 Å². The van der Waals surface area contributed by atoms with Crippen LogP contribution < -0.4 is 10.2 Å². The van der Waals surface area contributed by atoms with Gasteiger partial charge in [-0.1, -0.05) is 6.07 Å². The van der Waals surface area contributed by atoms with Crippen LogP contribution in [0, 0.1) is 11.3 Å². The van der Waals surface area contributed by atoms with Crippen LogP contribution in [0.1, 0.15) is 51.6 Å². The maximum atomic E-state index is 15.8. The Kier molecular flexibility index (Phi) is 5.06. The maximum Gasteiger partial charge on any atom is 0.185 e. The molecule has 2 aromatic heterocycles. The molecule has 0 unspecified atom stereocenters. The van der Waals surface area contributed by atoms with Crippen LogP contribution in [0.4, 0.5) is 10.2 Å². The summed E-state index contributed by atoms with van der Waals surface area (Å²) in [6.45, 7) is 4.18. The number of halogens is 1. The molecule has 2 aliphatic heterocycles. The fourth-order valence-electron chi connectivity index (χ4n) is 5.74. The van der Waals surface area contributed by atoms with Gasteiger partial charge in [-0.3, -0.25) is 0 Å². The van der Waals surface area contributed by atoms with Crippen molar-refractivity contribution in [2.24, 2.45) is 0 Å². The van der Waals surface area contributed by atoms with Gasteiger partial charge in [0.05, 0.1) is 17.8 Å². The molecule has 0 radical (unpaired) electrons. The Morgan fingerprint density at radius 3 is 2.74 bits per heavy atom. The highest BCUT2D eigenvalue weighted by atomic mass is 32.1. The number of hydrogen-bond donors (Lipinski definition) is 2. The van der Waals surface area contributed by atoms with E-state index in [2.05, 4.69) is 37.3 Å². The third kappa shape index (κ3) is 3.83. The van der Waals surface area contributed by atoms with Crippen molar-refractivity contribution in [2.75, 3.05) is 4.90 Å². The Morgan fingerprint density at radius 1 is 1.26 bits per heavy atom. The summed E-state index contributed by atoms with van der Waals surface area (Å²) < 4.78 is 15.8. The molecular formula is C25H26FN7OS. The molecule has 6 rings (SSSR count). The molecule has 1 aromatic carbocycles. The number of fused-ring (bicyclic) bond motifs is 2. The van der Waals surface area contributed by atoms with E-state index in [1.165, 1.54) is 11.3 Å². The highest BCUT2D eigenvalue weighted by Crippen LogP contribution is 2.47. The number of nitrogens with one attached hydrogen (secondary N) is 1. The summed E-state index contributed by atoms with van der Waals surface area (Å²) in [4.78, 5) is 10.8. The van der Waals surface area contributed by atoms with E-state index in [-0.39, 0.29) is 23.4 Å². The van der Waals surface area contributed by atoms with E-state index in [1.807, 2.05) is 19.1 Å². The molecule has 1 aliphatic carbocycles. The molecule has 2 saturated heterocycles. The molecule has 10 heteroatoms. The van der Waals surface area contributed by atoms with Gasteiger partial charge in [-0.15, -0.1) is 21.5 Å². The fraction of sp³-hybridized carbons (Fsp3) is 0.480. The first-order valence-electron chi connectivity index (χ1n) is 11.9. The SMILES string of the molecule is C[C@@]12CC[C@@](C)(N1)[C@@H](F)[C@@H](N(c1cnc(-c3ccc(-c4nc(C#N)cs4)cc3O)nn1)C1CC1)C2. The second kappa shape index (κ2) is 7.93. The molecule has 3 aromatic rings. The van der Waals surface area contributed by atoms with Crippen LogP contribution >= 0.6 is 11.3 Å². The number of nitrogens with zero attached hydrogens (tertiary/aromatic N) is 6. The number of anilines is 1. The minimum atomic E-state index is -1.01. The lowest BCUT2D eigenvalue weighted by Gasteiger charge is -2.48. The second-order valence-corrected chi connectivity index (χ2v) is 11.3. The summed E-state index contributed by atoms with van der Waals surface area (Å²) >= 11 is 1.34. The lowest BCUT2D eigenvalue weighted by molar-refractivity contribution is 0.0831. The third-order valence-corrected chi connectivity index (χ3v) is 8.50. The second-order valence-electron chi connectivity index (χ2n) is 10.4. The van der Waals surface area contributed by atoms with Crippen LogP contribution in [0.25, 0.3) is 22.0 Å². The van der Waals surface area contributed by atoms with Crippen molar-refractivity contribution >= 4 is 17.2 Å². The van der Waals surface area contributed by atoms with Gasteiger partial charge in [0.25, 0.3) is 0 Å². The normalized spacial score (nSPS) is 29.7. The quantitative estimate of drug-likeness (QED) is 0.546. The van der Waals surface area contributed by atoms with Crippen molar-refractivity contribution in [3.05, 3.63) is 35.5 Å². The Labute approximate surface area is 206 Å². The predicted molar refractivity (Wildman–Crippen MR) is 131 cm³/mol. The van der Waals surface area contributed by atoms with Gasteiger partial charge >= 0.3 is 0 Å². The molecular weight excluding hydrogens is 465 g/mol. The smallest absolute Gasteiger partial charge is 0.185 e. The number of phenolic OH excluding ortho intramolecular Hbond substituents is 1. The summed E-state index contributed by atoms with van der Waals surface area (Å²) in [5.74, 6) is 0.885. The molecule has 0 amide bonds. The minimum absolute atomic E-state index is 0.00408. The van der Waals surface area contributed by atoms with Gasteiger partial charge in [-0.25, -0.2) is 14.4 Å². The van der Waals surface area contributed by atoms with Gasteiger partial charge < -0.3 is 15.3 Å². The minimum Gasteiger partial charge on any atom is -0.507 e. The number of hydrogen-bond acceptors (Lipinski definition) is 9. The topological polar surface area (TPSA) is 111 Å². The van der Waals surface area contributed by atoms with Gasteiger partial charge in [0, 0.05) is 28.1 Å². The van der Waals surface area contributed by atoms with Crippen molar-refractivity contribution < 1.29 is 9.50 Å². The van der Waals surface area contributed by atoms with Crippen molar-refractivity contribution in [1.29, 1.82) is 5.26 Å². The van der Waals surface area contributed by atoms with Gasteiger partial charge in [0.15, 0.2) is 17.3 Å². The van der Waals surface area contributed by atoms with Gasteiger partial charge in [-0.2, -0.15) is 5.26 Å². The van der Waals surface area contributed by atoms with E-state index in [0.717, 1.165) is 32.1 Å². The molecule has 180 valence electrons. The number of nitriles is 1. The lowest BCUT2D eigenvalue weighted by Crippen LogP contribution is -2.66.